The molecular formula is C26H32N6O3. The summed E-state index contributed by atoms with van der Waals surface area (Å²) in [6.45, 7) is 9.25. The first-order valence-electron chi connectivity index (χ1n) is 12.3. The molecular weight excluding hydrogens is 444 g/mol. The lowest BCUT2D eigenvalue weighted by molar-refractivity contribution is -0.129. The van der Waals surface area contributed by atoms with Crippen molar-refractivity contribution in [3.63, 3.8) is 0 Å². The molecule has 0 saturated carbocycles. The number of nitrogens with zero attached hydrogens (tertiary/aromatic N) is 4. The fourth-order valence-electron chi connectivity index (χ4n) is 4.78. The molecule has 2 N–H and O–H groups in total. The molecule has 9 heteroatoms. The van der Waals surface area contributed by atoms with E-state index in [-0.39, 0.29) is 11.8 Å². The third-order valence-corrected chi connectivity index (χ3v) is 6.86. The molecule has 2 amide bonds. The number of aromatic nitrogens is 2. The van der Waals surface area contributed by atoms with E-state index in [1.165, 1.54) is 5.56 Å². The Kier molecular flexibility index (Phi) is 6.59. The first kappa shape index (κ1) is 23.2. The van der Waals surface area contributed by atoms with Crippen molar-refractivity contribution in [2.75, 3.05) is 67.6 Å². The maximum absolute atomic E-state index is 13.4. The number of morpholine rings is 1. The molecule has 1 aromatic carbocycles. The van der Waals surface area contributed by atoms with E-state index in [1.54, 1.807) is 6.92 Å². The Balaban J connectivity index is 1.42. The predicted octanol–water partition coefficient (Wildman–Crippen LogP) is 2.88. The number of piperazine rings is 1. The van der Waals surface area contributed by atoms with Gasteiger partial charge in [-0.15, -0.1) is 0 Å². The summed E-state index contributed by atoms with van der Waals surface area (Å²) in [7, 11) is 0. The van der Waals surface area contributed by atoms with Crippen LogP contribution in [0.3, 0.4) is 0 Å². The monoisotopic (exact) mass is 476 g/mol. The molecule has 0 atom stereocenters. The van der Waals surface area contributed by atoms with Gasteiger partial charge >= 0.3 is 0 Å². The molecule has 2 saturated heterocycles. The molecule has 3 aromatic rings. The number of pyridine rings is 1. The van der Waals surface area contributed by atoms with Crippen LogP contribution in [0.25, 0.3) is 10.9 Å². The highest BCUT2D eigenvalue weighted by Crippen LogP contribution is 2.26. The van der Waals surface area contributed by atoms with E-state index >= 15 is 0 Å². The number of nitrogens with one attached hydrogen (secondary N) is 2. The fraction of sp³-hybridized carbons (Fsp3) is 0.423. The maximum Gasteiger partial charge on any atom is 0.274 e. The first-order chi connectivity index (χ1) is 17.0. The van der Waals surface area contributed by atoms with Crippen LogP contribution < -0.4 is 15.1 Å². The van der Waals surface area contributed by atoms with Gasteiger partial charge in [0.25, 0.3) is 5.91 Å². The number of hydrogen-bond donors (Lipinski definition) is 2. The molecule has 2 fully saturated rings. The molecule has 2 aromatic heterocycles. The molecule has 2 aliphatic rings. The molecule has 184 valence electrons. The van der Waals surface area contributed by atoms with Crippen molar-refractivity contribution in [1.29, 1.82) is 0 Å². The lowest BCUT2D eigenvalue weighted by Gasteiger charge is -2.36. The lowest BCUT2D eigenvalue weighted by Crippen LogP contribution is -2.48. The van der Waals surface area contributed by atoms with E-state index in [9.17, 15) is 9.59 Å². The van der Waals surface area contributed by atoms with Crippen LogP contribution in [0.5, 0.6) is 0 Å². The van der Waals surface area contributed by atoms with Crippen LogP contribution >= 0.6 is 0 Å². The van der Waals surface area contributed by atoms with Gasteiger partial charge in [0.05, 0.1) is 13.2 Å². The van der Waals surface area contributed by atoms with Gasteiger partial charge in [0.15, 0.2) is 0 Å². The van der Waals surface area contributed by atoms with Crippen molar-refractivity contribution >= 4 is 39.9 Å². The second-order valence-electron chi connectivity index (χ2n) is 9.04. The number of rotatable bonds is 5. The molecule has 9 nitrogen and oxygen atoms in total. The number of aromatic amines is 1. The van der Waals surface area contributed by atoms with Gasteiger partial charge in [-0.3, -0.25) is 9.59 Å². The Morgan fingerprint density at radius 2 is 1.80 bits per heavy atom. The van der Waals surface area contributed by atoms with Crippen LogP contribution in [0.15, 0.2) is 36.5 Å². The molecule has 0 radical (unpaired) electrons. The minimum absolute atomic E-state index is 0.0964. The number of ether oxygens (including phenoxy) is 1. The molecule has 0 aliphatic carbocycles. The summed E-state index contributed by atoms with van der Waals surface area (Å²) < 4.78 is 5.51. The summed E-state index contributed by atoms with van der Waals surface area (Å²) in [6.07, 6.45) is 2.93. The molecule has 5 rings (SSSR count). The molecule has 2 aliphatic heterocycles. The van der Waals surface area contributed by atoms with Gasteiger partial charge in [0.2, 0.25) is 5.91 Å². The van der Waals surface area contributed by atoms with Gasteiger partial charge < -0.3 is 29.7 Å². The van der Waals surface area contributed by atoms with Crippen molar-refractivity contribution in [2.45, 2.75) is 20.3 Å². The van der Waals surface area contributed by atoms with Gasteiger partial charge in [-0.05, 0) is 36.2 Å². The van der Waals surface area contributed by atoms with Crippen LogP contribution in [0.4, 0.5) is 17.2 Å². The summed E-state index contributed by atoms with van der Waals surface area (Å²) >= 11 is 0. The number of carbonyl (C=O) groups excluding carboxylic acids is 2. The van der Waals surface area contributed by atoms with Crippen molar-refractivity contribution in [1.82, 2.24) is 14.9 Å². The van der Waals surface area contributed by atoms with E-state index in [4.69, 9.17) is 9.72 Å². The van der Waals surface area contributed by atoms with Crippen LogP contribution in [0, 0.1) is 0 Å². The number of fused-ring (bicyclic) bond motifs is 1. The van der Waals surface area contributed by atoms with Gasteiger partial charge in [-0.25, -0.2) is 4.98 Å². The minimum atomic E-state index is -0.239. The van der Waals surface area contributed by atoms with Gasteiger partial charge in [-0.1, -0.05) is 6.92 Å². The SMILES string of the molecule is CCc1c[nH]c2ccc(NC(=O)c3cc(N4CCN(C(C)=O)CC4)cc(N4CCOCC4)n3)cc12. The predicted molar refractivity (Wildman–Crippen MR) is 137 cm³/mol. The average Bonchev–Trinajstić information content (AvgIpc) is 3.31. The van der Waals surface area contributed by atoms with E-state index in [1.807, 2.05) is 41.4 Å². The van der Waals surface area contributed by atoms with E-state index < -0.39 is 0 Å². The zero-order valence-corrected chi connectivity index (χ0v) is 20.3. The Bertz CT molecular complexity index is 1230. The van der Waals surface area contributed by atoms with E-state index in [0.29, 0.717) is 32.0 Å². The number of carbonyl (C=O) groups is 2. The Morgan fingerprint density at radius 1 is 1.03 bits per heavy atom. The van der Waals surface area contributed by atoms with Gasteiger partial charge in [0.1, 0.15) is 11.5 Å². The standard InChI is InChI=1S/C26H32N6O3/c1-3-19-17-27-23-5-4-20(14-22(19)23)28-26(34)24-15-21(31-8-6-30(7-9-31)18(2)33)16-25(29-24)32-10-12-35-13-11-32/h4-5,14-17,27H,3,6-13H2,1-2H3,(H,28,34). The third kappa shape index (κ3) is 4.95. The number of aryl methyl sites for hydroxylation is 1. The summed E-state index contributed by atoms with van der Waals surface area (Å²) in [4.78, 5) is 39.4. The zero-order valence-electron chi connectivity index (χ0n) is 20.3. The van der Waals surface area contributed by atoms with Gasteiger partial charge in [-0.2, -0.15) is 0 Å². The normalized spacial score (nSPS) is 16.6. The minimum Gasteiger partial charge on any atom is -0.378 e. The number of H-pyrrole nitrogens is 1. The van der Waals surface area contributed by atoms with Crippen LogP contribution in [0.1, 0.15) is 29.9 Å². The van der Waals surface area contributed by atoms with Gasteiger partial charge in [0, 0.05) is 80.7 Å². The third-order valence-electron chi connectivity index (χ3n) is 6.86. The van der Waals surface area contributed by atoms with Crippen molar-refractivity contribution in [3.05, 3.63) is 47.8 Å². The largest absolute Gasteiger partial charge is 0.378 e. The molecule has 4 heterocycles. The van der Waals surface area contributed by atoms with Crippen molar-refractivity contribution < 1.29 is 14.3 Å². The fourth-order valence-corrected chi connectivity index (χ4v) is 4.78. The second kappa shape index (κ2) is 9.95. The highest BCUT2D eigenvalue weighted by atomic mass is 16.5. The summed E-state index contributed by atoms with van der Waals surface area (Å²) in [5.74, 6) is 0.634. The highest BCUT2D eigenvalue weighted by Gasteiger charge is 2.23. The second-order valence-corrected chi connectivity index (χ2v) is 9.04. The molecule has 35 heavy (non-hydrogen) atoms. The molecule has 0 bridgehead atoms. The maximum atomic E-state index is 13.4. The first-order valence-corrected chi connectivity index (χ1v) is 12.3. The van der Waals surface area contributed by atoms with Crippen LogP contribution in [-0.4, -0.2) is 79.2 Å². The van der Waals surface area contributed by atoms with Crippen molar-refractivity contribution in [2.24, 2.45) is 0 Å². The Hall–Kier alpha value is -3.59. The highest BCUT2D eigenvalue weighted by molar-refractivity contribution is 6.04. The Morgan fingerprint density at radius 3 is 2.51 bits per heavy atom. The quantitative estimate of drug-likeness (QED) is 0.588. The molecule has 0 unspecified atom stereocenters. The molecule has 0 spiro atoms. The van der Waals surface area contributed by atoms with E-state index in [2.05, 4.69) is 27.0 Å². The summed E-state index contributed by atoms with van der Waals surface area (Å²) in [5, 5.41) is 4.16. The summed E-state index contributed by atoms with van der Waals surface area (Å²) in [5.41, 5.74) is 4.34. The van der Waals surface area contributed by atoms with E-state index in [0.717, 1.165) is 60.7 Å². The number of benzene rings is 1. The topological polar surface area (TPSA) is 93.8 Å². The van der Waals surface area contributed by atoms with Crippen LogP contribution in [-0.2, 0) is 16.0 Å². The average molecular weight is 477 g/mol. The zero-order chi connectivity index (χ0) is 24.4. The number of anilines is 3. The van der Waals surface area contributed by atoms with Crippen molar-refractivity contribution in [3.8, 4) is 0 Å². The lowest BCUT2D eigenvalue weighted by atomic mass is 10.1. The number of amides is 2. The Labute approximate surface area is 205 Å². The number of hydrogen-bond acceptors (Lipinski definition) is 6. The van der Waals surface area contributed by atoms with Crippen LogP contribution in [0.2, 0.25) is 0 Å². The smallest absolute Gasteiger partial charge is 0.274 e. The summed E-state index contributed by atoms with van der Waals surface area (Å²) in [6, 6.07) is 9.81.